The van der Waals surface area contributed by atoms with Crippen LogP contribution < -0.4 is 10.6 Å². The van der Waals surface area contributed by atoms with Gasteiger partial charge in [0.25, 0.3) is 0 Å². The average Bonchev–Trinajstić information content (AvgIpc) is 2.47. The standard InChI is InChI=1S/C17H26N2S/c1-3-14-8-10-16(11-9-14)19-17(20)18-12-15-6-4-13(2)5-7-15/h4-7,14,16H,3,8-12H2,1-2H3,(H2,18,19,20). The van der Waals surface area contributed by atoms with Crippen LogP contribution in [0.1, 0.15) is 50.2 Å². The Morgan fingerprint density at radius 2 is 1.80 bits per heavy atom. The average molecular weight is 290 g/mol. The van der Waals surface area contributed by atoms with Gasteiger partial charge in [0, 0.05) is 12.6 Å². The Kier molecular flexibility index (Phi) is 5.84. The highest BCUT2D eigenvalue weighted by Gasteiger charge is 2.20. The van der Waals surface area contributed by atoms with Crippen molar-refractivity contribution in [3.8, 4) is 0 Å². The fraction of sp³-hybridized carbons (Fsp3) is 0.588. The molecule has 2 N–H and O–H groups in total. The van der Waals surface area contributed by atoms with E-state index in [2.05, 4.69) is 48.7 Å². The van der Waals surface area contributed by atoms with Gasteiger partial charge in [0.15, 0.2) is 5.11 Å². The minimum absolute atomic E-state index is 0.566. The molecule has 0 saturated heterocycles. The summed E-state index contributed by atoms with van der Waals surface area (Å²) in [5, 5.41) is 7.57. The van der Waals surface area contributed by atoms with Crippen molar-refractivity contribution in [2.45, 2.75) is 58.5 Å². The first-order valence-electron chi connectivity index (χ1n) is 7.77. The van der Waals surface area contributed by atoms with Crippen molar-refractivity contribution in [3.05, 3.63) is 35.4 Å². The maximum atomic E-state index is 5.40. The minimum Gasteiger partial charge on any atom is -0.360 e. The van der Waals surface area contributed by atoms with Crippen LogP contribution in [0.5, 0.6) is 0 Å². The lowest BCUT2D eigenvalue weighted by molar-refractivity contribution is 0.305. The summed E-state index contributed by atoms with van der Waals surface area (Å²) in [4.78, 5) is 0. The molecule has 0 unspecified atom stereocenters. The first-order valence-corrected chi connectivity index (χ1v) is 8.18. The summed E-state index contributed by atoms with van der Waals surface area (Å²) in [7, 11) is 0. The molecule has 0 spiro atoms. The summed E-state index contributed by atoms with van der Waals surface area (Å²) < 4.78 is 0. The van der Waals surface area contributed by atoms with E-state index in [1.54, 1.807) is 0 Å². The molecule has 0 aliphatic heterocycles. The molecule has 1 aliphatic carbocycles. The molecule has 1 aromatic rings. The first kappa shape index (κ1) is 15.3. The number of benzene rings is 1. The molecule has 110 valence electrons. The number of aryl methyl sites for hydroxylation is 1. The Hall–Kier alpha value is -1.09. The highest BCUT2D eigenvalue weighted by atomic mass is 32.1. The summed E-state index contributed by atoms with van der Waals surface area (Å²) >= 11 is 5.40. The van der Waals surface area contributed by atoms with Crippen LogP contribution in [-0.4, -0.2) is 11.2 Å². The van der Waals surface area contributed by atoms with Crippen molar-refractivity contribution in [3.63, 3.8) is 0 Å². The second-order valence-corrected chi connectivity index (χ2v) is 6.35. The summed E-state index contributed by atoms with van der Waals surface area (Å²) in [5.74, 6) is 0.933. The smallest absolute Gasteiger partial charge is 0.166 e. The van der Waals surface area contributed by atoms with Gasteiger partial charge in [-0.2, -0.15) is 0 Å². The molecule has 0 radical (unpaired) electrons. The molecule has 0 heterocycles. The van der Waals surface area contributed by atoms with Crippen molar-refractivity contribution in [1.29, 1.82) is 0 Å². The fourth-order valence-electron chi connectivity index (χ4n) is 2.84. The Bertz CT molecular complexity index is 419. The van der Waals surface area contributed by atoms with Gasteiger partial charge < -0.3 is 10.6 Å². The van der Waals surface area contributed by atoms with Crippen molar-refractivity contribution in [2.24, 2.45) is 5.92 Å². The van der Waals surface area contributed by atoms with E-state index in [9.17, 15) is 0 Å². The van der Waals surface area contributed by atoms with E-state index < -0.39 is 0 Å². The number of thiocarbonyl (C=S) groups is 1. The lowest BCUT2D eigenvalue weighted by Gasteiger charge is -2.29. The predicted octanol–water partition coefficient (Wildman–Crippen LogP) is 3.93. The molecule has 1 fully saturated rings. The lowest BCUT2D eigenvalue weighted by Crippen LogP contribution is -2.43. The second-order valence-electron chi connectivity index (χ2n) is 5.94. The molecule has 20 heavy (non-hydrogen) atoms. The van der Waals surface area contributed by atoms with E-state index >= 15 is 0 Å². The SMILES string of the molecule is CCC1CCC(NC(=S)NCc2ccc(C)cc2)CC1. The molecule has 0 aromatic heterocycles. The molecular weight excluding hydrogens is 264 g/mol. The van der Waals surface area contributed by atoms with E-state index in [1.807, 2.05) is 0 Å². The quantitative estimate of drug-likeness (QED) is 0.822. The maximum Gasteiger partial charge on any atom is 0.166 e. The molecule has 1 aromatic carbocycles. The Morgan fingerprint density at radius 3 is 2.40 bits per heavy atom. The van der Waals surface area contributed by atoms with Gasteiger partial charge in [-0.3, -0.25) is 0 Å². The topological polar surface area (TPSA) is 24.1 Å². The summed E-state index contributed by atoms with van der Waals surface area (Å²) in [5.41, 5.74) is 2.57. The second kappa shape index (κ2) is 7.63. The molecule has 0 atom stereocenters. The Balaban J connectivity index is 1.69. The normalized spacial score (nSPS) is 22.3. The number of hydrogen-bond acceptors (Lipinski definition) is 1. The van der Waals surface area contributed by atoms with Crippen LogP contribution in [0.2, 0.25) is 0 Å². The van der Waals surface area contributed by atoms with E-state index in [1.165, 1.54) is 43.2 Å². The van der Waals surface area contributed by atoms with Crippen molar-refractivity contribution in [1.82, 2.24) is 10.6 Å². The number of nitrogens with one attached hydrogen (secondary N) is 2. The van der Waals surface area contributed by atoms with Gasteiger partial charge in [0.05, 0.1) is 0 Å². The molecular formula is C17H26N2S. The first-order chi connectivity index (χ1) is 9.67. The van der Waals surface area contributed by atoms with E-state index in [4.69, 9.17) is 12.2 Å². The van der Waals surface area contributed by atoms with Crippen LogP contribution >= 0.6 is 12.2 Å². The third kappa shape index (κ3) is 4.78. The van der Waals surface area contributed by atoms with Crippen molar-refractivity contribution in [2.75, 3.05) is 0 Å². The van der Waals surface area contributed by atoms with Gasteiger partial charge in [-0.05, 0) is 56.3 Å². The van der Waals surface area contributed by atoms with E-state index in [0.717, 1.165) is 17.6 Å². The van der Waals surface area contributed by atoms with Gasteiger partial charge >= 0.3 is 0 Å². The molecule has 1 aliphatic rings. The third-order valence-corrected chi connectivity index (χ3v) is 4.60. The highest BCUT2D eigenvalue weighted by Crippen LogP contribution is 2.26. The summed E-state index contributed by atoms with van der Waals surface area (Å²) in [6, 6.07) is 9.14. The predicted molar refractivity (Wildman–Crippen MR) is 89.8 cm³/mol. The maximum absolute atomic E-state index is 5.40. The third-order valence-electron chi connectivity index (χ3n) is 4.33. The monoisotopic (exact) mass is 290 g/mol. The van der Waals surface area contributed by atoms with Gasteiger partial charge in [-0.25, -0.2) is 0 Å². The van der Waals surface area contributed by atoms with Gasteiger partial charge in [-0.15, -0.1) is 0 Å². The van der Waals surface area contributed by atoms with Crippen LogP contribution in [0, 0.1) is 12.8 Å². The van der Waals surface area contributed by atoms with Crippen LogP contribution in [0.15, 0.2) is 24.3 Å². The molecule has 1 saturated carbocycles. The number of hydrogen-bond donors (Lipinski definition) is 2. The zero-order valence-electron chi connectivity index (χ0n) is 12.6. The van der Waals surface area contributed by atoms with Crippen molar-refractivity contribution < 1.29 is 0 Å². The van der Waals surface area contributed by atoms with Crippen LogP contribution in [0.4, 0.5) is 0 Å². The molecule has 2 nitrogen and oxygen atoms in total. The zero-order valence-corrected chi connectivity index (χ0v) is 13.4. The molecule has 0 bridgehead atoms. The van der Waals surface area contributed by atoms with Gasteiger partial charge in [0.2, 0.25) is 0 Å². The van der Waals surface area contributed by atoms with Gasteiger partial charge in [-0.1, -0.05) is 43.2 Å². The Labute approximate surface area is 128 Å². The zero-order chi connectivity index (χ0) is 14.4. The van der Waals surface area contributed by atoms with Gasteiger partial charge in [0.1, 0.15) is 0 Å². The molecule has 0 amide bonds. The number of rotatable bonds is 4. The Morgan fingerprint density at radius 1 is 1.15 bits per heavy atom. The lowest BCUT2D eigenvalue weighted by atomic mass is 9.85. The van der Waals surface area contributed by atoms with Crippen molar-refractivity contribution >= 4 is 17.3 Å². The highest BCUT2D eigenvalue weighted by molar-refractivity contribution is 7.80. The van der Waals surface area contributed by atoms with Crippen LogP contribution in [0.25, 0.3) is 0 Å². The summed E-state index contributed by atoms with van der Waals surface area (Å²) in [6.07, 6.45) is 6.52. The van der Waals surface area contributed by atoms with Crippen LogP contribution in [-0.2, 0) is 6.54 Å². The minimum atomic E-state index is 0.566. The molecule has 3 heteroatoms. The largest absolute Gasteiger partial charge is 0.360 e. The van der Waals surface area contributed by atoms with E-state index in [-0.39, 0.29) is 0 Å². The molecule has 2 rings (SSSR count). The summed E-state index contributed by atoms with van der Waals surface area (Å²) in [6.45, 7) is 5.21. The fourth-order valence-corrected chi connectivity index (χ4v) is 3.08. The van der Waals surface area contributed by atoms with Crippen LogP contribution in [0.3, 0.4) is 0 Å². The van der Waals surface area contributed by atoms with E-state index in [0.29, 0.717) is 6.04 Å².